The van der Waals surface area contributed by atoms with Crippen molar-refractivity contribution in [3.8, 4) is 0 Å². The summed E-state index contributed by atoms with van der Waals surface area (Å²) in [7, 11) is 0. The molecule has 3 rings (SSSR count). The molecule has 20 heavy (non-hydrogen) atoms. The molecule has 0 saturated carbocycles. The van der Waals surface area contributed by atoms with Gasteiger partial charge in [0.25, 0.3) is 0 Å². The molecule has 2 heterocycles. The van der Waals surface area contributed by atoms with E-state index >= 15 is 0 Å². The van der Waals surface area contributed by atoms with Gasteiger partial charge in [-0.2, -0.15) is 0 Å². The van der Waals surface area contributed by atoms with E-state index in [0.29, 0.717) is 0 Å². The van der Waals surface area contributed by atoms with Gasteiger partial charge in [-0.1, -0.05) is 35.5 Å². The Morgan fingerprint density at radius 1 is 1.05 bits per heavy atom. The van der Waals surface area contributed by atoms with Crippen molar-refractivity contribution in [2.45, 2.75) is 19.5 Å². The van der Waals surface area contributed by atoms with Gasteiger partial charge in [0.1, 0.15) is 0 Å². The van der Waals surface area contributed by atoms with E-state index in [1.54, 1.807) is 0 Å². The second-order valence-corrected chi connectivity index (χ2v) is 5.27. The van der Waals surface area contributed by atoms with Gasteiger partial charge in [0.2, 0.25) is 0 Å². The monoisotopic (exact) mass is 271 g/mol. The highest BCUT2D eigenvalue weighted by Crippen LogP contribution is 2.05. The summed E-state index contributed by atoms with van der Waals surface area (Å²) in [6.45, 7) is 6.10. The van der Waals surface area contributed by atoms with Crippen LogP contribution in [-0.4, -0.2) is 46.1 Å². The summed E-state index contributed by atoms with van der Waals surface area (Å²) >= 11 is 0. The molecule has 1 aliphatic rings. The molecule has 1 aromatic heterocycles. The average molecular weight is 271 g/mol. The molecule has 0 spiro atoms. The Labute approximate surface area is 119 Å². The van der Waals surface area contributed by atoms with Gasteiger partial charge in [0.15, 0.2) is 0 Å². The van der Waals surface area contributed by atoms with Crippen LogP contribution in [0.4, 0.5) is 0 Å². The van der Waals surface area contributed by atoms with Gasteiger partial charge in [0.05, 0.1) is 18.4 Å². The van der Waals surface area contributed by atoms with Crippen LogP contribution in [-0.2, 0) is 13.1 Å². The second kappa shape index (κ2) is 6.63. The van der Waals surface area contributed by atoms with E-state index in [2.05, 4.69) is 51.0 Å². The molecule has 0 atom stereocenters. The molecule has 106 valence electrons. The van der Waals surface area contributed by atoms with E-state index < -0.39 is 0 Å². The van der Waals surface area contributed by atoms with Crippen molar-refractivity contribution >= 4 is 0 Å². The zero-order chi connectivity index (χ0) is 13.6. The highest BCUT2D eigenvalue weighted by atomic mass is 15.4. The Kier molecular flexibility index (Phi) is 4.40. The molecular weight excluding hydrogens is 250 g/mol. The van der Waals surface area contributed by atoms with Gasteiger partial charge >= 0.3 is 0 Å². The summed E-state index contributed by atoms with van der Waals surface area (Å²) in [5, 5.41) is 11.9. The quantitative estimate of drug-likeness (QED) is 0.905. The van der Waals surface area contributed by atoms with E-state index in [1.165, 1.54) is 12.0 Å². The van der Waals surface area contributed by atoms with Crippen LogP contribution in [0.15, 0.2) is 36.5 Å². The molecule has 1 aliphatic heterocycles. The molecule has 0 bridgehead atoms. The predicted octanol–water partition coefficient (Wildman–Crippen LogP) is 1.12. The molecule has 1 fully saturated rings. The molecule has 0 aliphatic carbocycles. The second-order valence-electron chi connectivity index (χ2n) is 5.27. The Morgan fingerprint density at radius 3 is 2.85 bits per heavy atom. The summed E-state index contributed by atoms with van der Waals surface area (Å²) in [5.74, 6) is 0. The van der Waals surface area contributed by atoms with Crippen molar-refractivity contribution < 1.29 is 0 Å². The summed E-state index contributed by atoms with van der Waals surface area (Å²) in [6.07, 6.45) is 3.27. The lowest BCUT2D eigenvalue weighted by atomic mass is 10.2. The van der Waals surface area contributed by atoms with Crippen LogP contribution in [0.3, 0.4) is 0 Å². The average Bonchev–Trinajstić information content (AvgIpc) is 2.74. The normalized spacial score (nSPS) is 17.0. The maximum absolute atomic E-state index is 4.29. The standard InChI is InChI=1S/C15H21N5/c1-2-5-14(6-3-1)11-20-13-15(17-18-20)12-19-9-4-7-16-8-10-19/h1-3,5-6,13,16H,4,7-12H2. The van der Waals surface area contributed by atoms with Crippen molar-refractivity contribution in [3.05, 3.63) is 47.8 Å². The van der Waals surface area contributed by atoms with Gasteiger partial charge < -0.3 is 5.32 Å². The number of benzene rings is 1. The fourth-order valence-corrected chi connectivity index (χ4v) is 2.55. The summed E-state index contributed by atoms with van der Waals surface area (Å²) in [5.41, 5.74) is 2.31. The predicted molar refractivity (Wildman–Crippen MR) is 78.3 cm³/mol. The minimum atomic E-state index is 0.787. The fourth-order valence-electron chi connectivity index (χ4n) is 2.55. The molecule has 5 nitrogen and oxygen atoms in total. The van der Waals surface area contributed by atoms with Gasteiger partial charge in [-0.15, -0.1) is 5.10 Å². The molecule has 1 aromatic carbocycles. The van der Waals surface area contributed by atoms with Crippen LogP contribution in [0.2, 0.25) is 0 Å². The third-order valence-electron chi connectivity index (χ3n) is 3.59. The molecule has 1 N–H and O–H groups in total. The number of rotatable bonds is 4. The smallest absolute Gasteiger partial charge is 0.0967 e. The van der Waals surface area contributed by atoms with Gasteiger partial charge in [0, 0.05) is 19.6 Å². The number of aromatic nitrogens is 3. The largest absolute Gasteiger partial charge is 0.315 e. The van der Waals surface area contributed by atoms with Crippen molar-refractivity contribution in [2.24, 2.45) is 0 Å². The zero-order valence-corrected chi connectivity index (χ0v) is 11.7. The molecule has 0 radical (unpaired) electrons. The lowest BCUT2D eigenvalue weighted by molar-refractivity contribution is 0.281. The van der Waals surface area contributed by atoms with Crippen LogP contribution in [0.5, 0.6) is 0 Å². The minimum Gasteiger partial charge on any atom is -0.315 e. The van der Waals surface area contributed by atoms with Crippen LogP contribution in [0.25, 0.3) is 0 Å². The molecule has 2 aromatic rings. The minimum absolute atomic E-state index is 0.787. The van der Waals surface area contributed by atoms with Crippen molar-refractivity contribution in [1.82, 2.24) is 25.2 Å². The highest BCUT2D eigenvalue weighted by molar-refractivity contribution is 5.14. The third kappa shape index (κ3) is 3.65. The first-order valence-corrected chi connectivity index (χ1v) is 7.26. The van der Waals surface area contributed by atoms with E-state index in [9.17, 15) is 0 Å². The van der Waals surface area contributed by atoms with Crippen molar-refractivity contribution in [2.75, 3.05) is 26.2 Å². The summed E-state index contributed by atoms with van der Waals surface area (Å²) < 4.78 is 1.92. The van der Waals surface area contributed by atoms with Gasteiger partial charge in [-0.05, 0) is 25.1 Å². The lowest BCUT2D eigenvalue weighted by Gasteiger charge is -2.17. The summed E-state index contributed by atoms with van der Waals surface area (Å²) in [6, 6.07) is 10.4. The Morgan fingerprint density at radius 2 is 1.95 bits per heavy atom. The highest BCUT2D eigenvalue weighted by Gasteiger charge is 2.11. The first-order valence-electron chi connectivity index (χ1n) is 7.26. The zero-order valence-electron chi connectivity index (χ0n) is 11.7. The number of nitrogens with one attached hydrogen (secondary N) is 1. The lowest BCUT2D eigenvalue weighted by Crippen LogP contribution is -2.27. The van der Waals surface area contributed by atoms with E-state index in [-0.39, 0.29) is 0 Å². The SMILES string of the molecule is c1ccc(Cn2cc(CN3CCCNCC3)nn2)cc1. The first kappa shape index (κ1) is 13.3. The number of nitrogens with zero attached hydrogens (tertiary/aromatic N) is 4. The Balaban J connectivity index is 1.59. The van der Waals surface area contributed by atoms with Gasteiger partial charge in [-0.3, -0.25) is 4.90 Å². The van der Waals surface area contributed by atoms with E-state index in [0.717, 1.165) is 45.0 Å². The fraction of sp³-hybridized carbons (Fsp3) is 0.467. The molecule has 1 saturated heterocycles. The van der Waals surface area contributed by atoms with E-state index in [4.69, 9.17) is 0 Å². The Hall–Kier alpha value is -1.72. The van der Waals surface area contributed by atoms with Crippen LogP contribution in [0, 0.1) is 0 Å². The maximum atomic E-state index is 4.29. The Bertz CT molecular complexity index is 514. The molecule has 0 unspecified atom stereocenters. The first-order chi connectivity index (χ1) is 9.90. The van der Waals surface area contributed by atoms with Crippen LogP contribution >= 0.6 is 0 Å². The molecule has 0 amide bonds. The third-order valence-corrected chi connectivity index (χ3v) is 3.59. The van der Waals surface area contributed by atoms with Crippen molar-refractivity contribution in [3.63, 3.8) is 0 Å². The van der Waals surface area contributed by atoms with Crippen LogP contribution in [0.1, 0.15) is 17.7 Å². The van der Waals surface area contributed by atoms with Gasteiger partial charge in [-0.25, -0.2) is 4.68 Å². The molecule has 5 heteroatoms. The molecular formula is C15H21N5. The topological polar surface area (TPSA) is 46.0 Å². The van der Waals surface area contributed by atoms with Crippen molar-refractivity contribution in [1.29, 1.82) is 0 Å². The maximum Gasteiger partial charge on any atom is 0.0967 e. The van der Waals surface area contributed by atoms with Crippen LogP contribution < -0.4 is 5.32 Å². The van der Waals surface area contributed by atoms with E-state index in [1.807, 2.05) is 10.7 Å². The number of hydrogen-bond donors (Lipinski definition) is 1. The number of hydrogen-bond acceptors (Lipinski definition) is 4. The summed E-state index contributed by atoms with van der Waals surface area (Å²) in [4.78, 5) is 2.44.